The van der Waals surface area contributed by atoms with E-state index in [1.54, 1.807) is 20.5 Å². The van der Waals surface area contributed by atoms with Gasteiger partial charge in [0, 0.05) is 24.5 Å². The van der Waals surface area contributed by atoms with Crippen LogP contribution in [0.5, 0.6) is 11.5 Å². The van der Waals surface area contributed by atoms with E-state index in [1.807, 2.05) is 12.1 Å². The molecule has 1 fully saturated rings. The Morgan fingerprint density at radius 3 is 2.40 bits per heavy atom. The molecule has 0 saturated carbocycles. The summed E-state index contributed by atoms with van der Waals surface area (Å²) in [4.78, 5) is 11.0. The molecule has 0 spiro atoms. The second kappa shape index (κ2) is 6.69. The fraction of sp³-hybridized carbons (Fsp3) is 0.529. The van der Waals surface area contributed by atoms with Gasteiger partial charge >= 0.3 is 7.12 Å². The third-order valence-electron chi connectivity index (χ3n) is 5.11. The molecule has 0 bridgehead atoms. The van der Waals surface area contributed by atoms with Crippen LogP contribution < -0.4 is 14.4 Å². The number of hydrogen-bond donors (Lipinski definition) is 2. The molecule has 8 heteroatoms. The second-order valence-electron chi connectivity index (χ2n) is 7.20. The maximum Gasteiger partial charge on any atom is 0.451 e. The van der Waals surface area contributed by atoms with Crippen molar-refractivity contribution in [3.05, 3.63) is 18.5 Å². The molecule has 7 nitrogen and oxygen atoms in total. The van der Waals surface area contributed by atoms with Crippen LogP contribution in [0.4, 0.5) is 5.82 Å². The maximum atomic E-state index is 9.28. The van der Waals surface area contributed by atoms with E-state index in [4.69, 9.17) is 9.47 Å². The zero-order valence-electron chi connectivity index (χ0n) is 15.1. The highest BCUT2D eigenvalue weighted by Gasteiger charge is 2.41. The quantitative estimate of drug-likeness (QED) is 0.769. The Hall–Kier alpha value is -2.06. The summed E-state index contributed by atoms with van der Waals surface area (Å²) in [7, 11) is 1.93. The predicted octanol–water partition coefficient (Wildman–Crippen LogP) is 1.58. The monoisotopic (exact) mass is 345 g/mol. The summed E-state index contributed by atoms with van der Waals surface area (Å²) in [6.07, 6.45) is 1.92. The smallest absolute Gasteiger partial charge is 0.451 e. The van der Waals surface area contributed by atoms with Gasteiger partial charge in [0.2, 0.25) is 0 Å². The Morgan fingerprint density at radius 1 is 1.16 bits per heavy atom. The van der Waals surface area contributed by atoms with Crippen molar-refractivity contribution in [3.63, 3.8) is 0 Å². The maximum absolute atomic E-state index is 9.28. The summed E-state index contributed by atoms with van der Waals surface area (Å²) in [5.41, 5.74) is 0.658. The summed E-state index contributed by atoms with van der Waals surface area (Å²) in [5.74, 6) is 2.52. The number of hydrogen-bond acceptors (Lipinski definition) is 7. The first-order valence-corrected chi connectivity index (χ1v) is 8.33. The Bertz CT molecular complexity index is 763. The van der Waals surface area contributed by atoms with Gasteiger partial charge in [0.1, 0.15) is 12.1 Å². The summed E-state index contributed by atoms with van der Waals surface area (Å²) >= 11 is 0. The van der Waals surface area contributed by atoms with Crippen molar-refractivity contribution in [1.82, 2.24) is 9.97 Å². The number of nitrogens with zero attached hydrogens (tertiary/aromatic N) is 3. The number of rotatable bonds is 6. The van der Waals surface area contributed by atoms with Crippen LogP contribution in [-0.4, -0.2) is 54.4 Å². The van der Waals surface area contributed by atoms with Crippen LogP contribution in [0.1, 0.15) is 13.8 Å². The van der Waals surface area contributed by atoms with Crippen LogP contribution in [0.2, 0.25) is 6.32 Å². The number of anilines is 1. The van der Waals surface area contributed by atoms with E-state index in [1.165, 1.54) is 0 Å². The van der Waals surface area contributed by atoms with Crippen molar-refractivity contribution < 1.29 is 19.5 Å². The topological polar surface area (TPSA) is 87.9 Å². The minimum Gasteiger partial charge on any atom is -0.493 e. The van der Waals surface area contributed by atoms with Crippen LogP contribution >= 0.6 is 0 Å². The van der Waals surface area contributed by atoms with Gasteiger partial charge in [-0.2, -0.15) is 0 Å². The summed E-state index contributed by atoms with van der Waals surface area (Å²) in [6.45, 7) is 5.78. The Morgan fingerprint density at radius 2 is 1.80 bits per heavy atom. The first-order chi connectivity index (χ1) is 11.9. The van der Waals surface area contributed by atoms with Crippen molar-refractivity contribution in [1.29, 1.82) is 0 Å². The molecule has 2 heterocycles. The molecule has 3 rings (SSSR count). The zero-order chi connectivity index (χ0) is 18.2. The molecule has 0 aliphatic carbocycles. The molecule has 0 amide bonds. The number of benzene rings is 1. The average molecular weight is 345 g/mol. The molecule has 0 unspecified atom stereocenters. The summed E-state index contributed by atoms with van der Waals surface area (Å²) in [5, 5.41) is 19.5. The van der Waals surface area contributed by atoms with Crippen molar-refractivity contribution in [3.8, 4) is 11.5 Å². The minimum atomic E-state index is -1.28. The molecule has 25 heavy (non-hydrogen) atoms. The molecule has 1 aliphatic heterocycles. The highest BCUT2D eigenvalue weighted by molar-refractivity contribution is 6.41. The van der Waals surface area contributed by atoms with Gasteiger partial charge in [-0.15, -0.1) is 0 Å². The van der Waals surface area contributed by atoms with E-state index in [0.717, 1.165) is 29.8 Å². The third-order valence-corrected chi connectivity index (χ3v) is 5.11. The number of ether oxygens (including phenoxy) is 2. The molecule has 1 aromatic carbocycles. The second-order valence-corrected chi connectivity index (χ2v) is 7.20. The van der Waals surface area contributed by atoms with Crippen molar-refractivity contribution >= 4 is 23.8 Å². The SMILES string of the molecule is COc1cc2ncnc(N3CC(C(C)(C)CB(O)O)C3)c2cc1OC. The number of fused-ring (bicyclic) bond motifs is 1. The third kappa shape index (κ3) is 3.36. The van der Waals surface area contributed by atoms with Crippen LogP contribution in [0.3, 0.4) is 0 Å². The molecular formula is C17H24BN3O4. The van der Waals surface area contributed by atoms with Crippen molar-refractivity contribution in [2.75, 3.05) is 32.2 Å². The fourth-order valence-electron chi connectivity index (χ4n) is 3.40. The average Bonchev–Trinajstić information content (AvgIpc) is 2.50. The van der Waals surface area contributed by atoms with Crippen molar-refractivity contribution in [2.24, 2.45) is 11.3 Å². The van der Waals surface area contributed by atoms with Crippen LogP contribution in [0, 0.1) is 11.3 Å². The highest BCUT2D eigenvalue weighted by atomic mass is 16.5. The number of methoxy groups -OCH3 is 2. The van der Waals surface area contributed by atoms with E-state index < -0.39 is 7.12 Å². The lowest BCUT2D eigenvalue weighted by molar-refractivity contribution is 0.181. The normalized spacial score (nSPS) is 15.2. The lowest BCUT2D eigenvalue weighted by atomic mass is 9.62. The van der Waals surface area contributed by atoms with Gasteiger partial charge in [-0.25, -0.2) is 9.97 Å². The van der Waals surface area contributed by atoms with Crippen molar-refractivity contribution in [2.45, 2.75) is 20.2 Å². The molecule has 1 saturated heterocycles. The zero-order valence-corrected chi connectivity index (χ0v) is 15.1. The first kappa shape index (κ1) is 17.8. The van der Waals surface area contributed by atoms with E-state index in [9.17, 15) is 10.0 Å². The van der Waals surface area contributed by atoms with E-state index >= 15 is 0 Å². The predicted molar refractivity (Wildman–Crippen MR) is 97.1 cm³/mol. The van der Waals surface area contributed by atoms with E-state index in [-0.39, 0.29) is 5.41 Å². The Balaban J connectivity index is 1.86. The summed E-state index contributed by atoms with van der Waals surface area (Å²) < 4.78 is 10.7. The molecular weight excluding hydrogens is 321 g/mol. The molecule has 2 N–H and O–H groups in total. The van der Waals surface area contributed by atoms with E-state index in [2.05, 4.69) is 28.7 Å². The van der Waals surface area contributed by atoms with Crippen LogP contribution in [-0.2, 0) is 0 Å². The number of aromatic nitrogens is 2. The summed E-state index contributed by atoms with van der Waals surface area (Å²) in [6, 6.07) is 3.75. The van der Waals surface area contributed by atoms with Gasteiger partial charge in [-0.05, 0) is 23.7 Å². The molecule has 0 atom stereocenters. The highest BCUT2D eigenvalue weighted by Crippen LogP contribution is 2.42. The standard InChI is InChI=1S/C17H24BN3O4/c1-17(2,9-18(22)23)11-7-21(8-11)16-12-5-14(24-3)15(25-4)6-13(12)19-10-20-16/h5-6,10-11,22-23H,7-9H2,1-4H3. The lowest BCUT2D eigenvalue weighted by Gasteiger charge is -2.48. The lowest BCUT2D eigenvalue weighted by Crippen LogP contribution is -2.54. The molecule has 1 aromatic heterocycles. The molecule has 134 valence electrons. The fourth-order valence-corrected chi connectivity index (χ4v) is 3.40. The Labute approximate surface area is 147 Å². The van der Waals surface area contributed by atoms with Gasteiger partial charge in [0.05, 0.1) is 19.7 Å². The van der Waals surface area contributed by atoms with E-state index in [0.29, 0.717) is 23.7 Å². The van der Waals surface area contributed by atoms with Crippen LogP contribution in [0.15, 0.2) is 18.5 Å². The van der Waals surface area contributed by atoms with Gasteiger partial charge in [0.15, 0.2) is 11.5 Å². The van der Waals surface area contributed by atoms with Crippen LogP contribution in [0.25, 0.3) is 10.9 Å². The first-order valence-electron chi connectivity index (χ1n) is 8.33. The molecule has 1 aliphatic rings. The largest absolute Gasteiger partial charge is 0.493 e. The Kier molecular flexibility index (Phi) is 4.75. The molecule has 0 radical (unpaired) electrons. The van der Waals surface area contributed by atoms with Gasteiger partial charge in [0.25, 0.3) is 0 Å². The van der Waals surface area contributed by atoms with Gasteiger partial charge < -0.3 is 24.4 Å². The minimum absolute atomic E-state index is 0.144. The molecule has 2 aromatic rings. The van der Waals surface area contributed by atoms with Gasteiger partial charge in [-0.3, -0.25) is 0 Å². The van der Waals surface area contributed by atoms with Gasteiger partial charge in [-0.1, -0.05) is 13.8 Å².